The molecule has 4 nitrogen and oxygen atoms in total. The van der Waals surface area contributed by atoms with Gasteiger partial charge < -0.3 is 10.2 Å². The number of hydrogen-bond acceptors (Lipinski definition) is 4. The van der Waals surface area contributed by atoms with Crippen molar-refractivity contribution < 1.29 is 19.8 Å². The Balaban J connectivity index is 3.09. The van der Waals surface area contributed by atoms with Gasteiger partial charge in [0.2, 0.25) is 0 Å². The summed E-state index contributed by atoms with van der Waals surface area (Å²) >= 11 is 4.57. The van der Waals surface area contributed by atoms with E-state index in [1.165, 1.54) is 11.8 Å². The van der Waals surface area contributed by atoms with Crippen molar-refractivity contribution in [1.82, 2.24) is 0 Å². The normalized spacial score (nSPS) is 12.2. The van der Waals surface area contributed by atoms with Crippen molar-refractivity contribution in [2.75, 3.05) is 11.6 Å². The number of benzene rings is 1. The molecule has 1 aromatic rings. The molecule has 0 saturated heterocycles. The summed E-state index contributed by atoms with van der Waals surface area (Å²) in [4.78, 5) is 23.1. The molecule has 0 aromatic heterocycles. The average Bonchev–Trinajstić information content (AvgIpc) is 2.37. The largest absolute Gasteiger partial charge is 0.479 e. The third-order valence-electron chi connectivity index (χ3n) is 2.39. The number of Topliss-reactive ketones (excluding diaryl/α,β-unsaturated/α-hetero) is 1. The van der Waals surface area contributed by atoms with Crippen LogP contribution in [0.2, 0.25) is 0 Å². The lowest BCUT2D eigenvalue weighted by molar-refractivity contribution is -0.146. The zero-order chi connectivity index (χ0) is 13.7. The predicted molar refractivity (Wildman–Crippen MR) is 73.3 cm³/mol. The minimum atomic E-state index is -1.56. The first-order valence-corrected chi connectivity index (χ1v) is 7.49. The molecule has 0 heterocycles. The maximum Gasteiger partial charge on any atom is 0.337 e. The molecule has 6 heteroatoms. The van der Waals surface area contributed by atoms with Gasteiger partial charge in [-0.25, -0.2) is 4.79 Å². The topological polar surface area (TPSA) is 74.6 Å². The summed E-state index contributed by atoms with van der Waals surface area (Å²) in [6.45, 7) is 0. The smallest absolute Gasteiger partial charge is 0.337 e. The van der Waals surface area contributed by atoms with E-state index in [-0.39, 0.29) is 23.1 Å². The molecule has 0 bridgehead atoms. The number of aliphatic hydroxyl groups excluding tert-OH is 1. The number of aliphatic hydroxyl groups is 1. The van der Waals surface area contributed by atoms with Gasteiger partial charge in [-0.15, -0.1) is 11.8 Å². The van der Waals surface area contributed by atoms with Crippen LogP contribution in [0.3, 0.4) is 0 Å². The Kier molecular flexibility index (Phi) is 5.84. The molecule has 1 unspecified atom stereocenters. The van der Waals surface area contributed by atoms with Crippen molar-refractivity contribution in [3.63, 3.8) is 0 Å². The molecule has 2 N–H and O–H groups in total. The van der Waals surface area contributed by atoms with E-state index in [4.69, 9.17) is 5.11 Å². The number of carbonyl (C=O) groups is 2. The van der Waals surface area contributed by atoms with E-state index < -0.39 is 12.1 Å². The maximum absolute atomic E-state index is 11.4. The number of alkyl halides is 1. The summed E-state index contributed by atoms with van der Waals surface area (Å²) in [5.41, 5.74) is 1.03. The summed E-state index contributed by atoms with van der Waals surface area (Å²) in [6.07, 6.45) is 0.547. The Labute approximate surface area is 118 Å². The van der Waals surface area contributed by atoms with Crippen molar-refractivity contribution >= 4 is 39.4 Å². The van der Waals surface area contributed by atoms with E-state index in [1.807, 2.05) is 6.26 Å². The number of carboxylic acid groups (broad SMARTS) is 1. The van der Waals surface area contributed by atoms with Crippen molar-refractivity contribution in [2.45, 2.75) is 17.4 Å². The van der Waals surface area contributed by atoms with Gasteiger partial charge >= 0.3 is 5.97 Å². The first-order chi connectivity index (χ1) is 8.49. The molecular weight excluding hydrogens is 320 g/mol. The van der Waals surface area contributed by atoms with Crippen LogP contribution in [0.15, 0.2) is 23.1 Å². The molecule has 0 amide bonds. The highest BCUT2D eigenvalue weighted by atomic mass is 79.9. The van der Waals surface area contributed by atoms with Crippen molar-refractivity contribution in [2.24, 2.45) is 0 Å². The summed E-state index contributed by atoms with van der Waals surface area (Å²) in [5.74, 6) is -1.29. The number of halogens is 1. The van der Waals surface area contributed by atoms with Crippen LogP contribution >= 0.6 is 27.7 Å². The predicted octanol–water partition coefficient (Wildman–Crippen LogP) is 2.03. The number of aliphatic carboxylic acids is 1. The lowest BCUT2D eigenvalue weighted by atomic mass is 10.0. The highest BCUT2D eigenvalue weighted by Gasteiger charge is 2.17. The minimum Gasteiger partial charge on any atom is -0.479 e. The first kappa shape index (κ1) is 15.2. The molecule has 98 valence electrons. The number of thioether (sulfide) groups is 1. The number of ketones is 1. The SMILES string of the molecule is CSc1ccc(C(O)C(=O)O)cc1CC(=O)CBr. The Morgan fingerprint density at radius 1 is 1.44 bits per heavy atom. The summed E-state index contributed by atoms with van der Waals surface area (Å²) < 4.78 is 0. The fourth-order valence-electron chi connectivity index (χ4n) is 1.51. The van der Waals surface area contributed by atoms with E-state index in [9.17, 15) is 14.7 Å². The second kappa shape index (κ2) is 6.92. The molecule has 1 atom stereocenters. The van der Waals surface area contributed by atoms with Crippen LogP contribution in [0.1, 0.15) is 17.2 Å². The van der Waals surface area contributed by atoms with Gasteiger partial charge in [-0.2, -0.15) is 0 Å². The Morgan fingerprint density at radius 2 is 2.11 bits per heavy atom. The van der Waals surface area contributed by atoms with Gasteiger partial charge in [0.15, 0.2) is 6.10 Å². The second-order valence-corrected chi connectivity index (χ2v) is 5.07. The quantitative estimate of drug-likeness (QED) is 0.615. The van der Waals surface area contributed by atoms with Gasteiger partial charge in [-0.3, -0.25) is 4.79 Å². The van der Waals surface area contributed by atoms with Gasteiger partial charge in [0.1, 0.15) is 5.78 Å². The van der Waals surface area contributed by atoms with Crippen LogP contribution in [-0.4, -0.2) is 33.6 Å². The Morgan fingerprint density at radius 3 is 2.61 bits per heavy atom. The van der Waals surface area contributed by atoms with E-state index in [2.05, 4.69) is 15.9 Å². The highest BCUT2D eigenvalue weighted by molar-refractivity contribution is 9.09. The standard InChI is InChI=1S/C12H13BrO4S/c1-18-10-3-2-7(11(15)12(16)17)4-8(10)5-9(14)6-13/h2-4,11,15H,5-6H2,1H3,(H,16,17). The molecule has 0 aliphatic heterocycles. The first-order valence-electron chi connectivity index (χ1n) is 5.15. The number of carboxylic acids is 1. The van der Waals surface area contributed by atoms with E-state index >= 15 is 0 Å². The van der Waals surface area contributed by atoms with Gasteiger partial charge in [-0.05, 0) is 23.4 Å². The van der Waals surface area contributed by atoms with Crippen LogP contribution in [-0.2, 0) is 16.0 Å². The fraction of sp³-hybridized carbons (Fsp3) is 0.333. The Hall–Kier alpha value is -0.850. The minimum absolute atomic E-state index is 0.00673. The number of hydrogen-bond donors (Lipinski definition) is 2. The molecule has 0 aliphatic rings. The molecule has 0 fully saturated rings. The fourth-order valence-corrected chi connectivity index (χ4v) is 2.30. The number of rotatable bonds is 6. The summed E-state index contributed by atoms with van der Waals surface area (Å²) in [6, 6.07) is 4.86. The molecule has 1 rings (SSSR count). The van der Waals surface area contributed by atoms with Gasteiger partial charge in [0.25, 0.3) is 0 Å². The molecule has 0 radical (unpaired) electrons. The van der Waals surface area contributed by atoms with Crippen LogP contribution in [0, 0.1) is 0 Å². The van der Waals surface area contributed by atoms with Crippen molar-refractivity contribution in [1.29, 1.82) is 0 Å². The van der Waals surface area contributed by atoms with Crippen molar-refractivity contribution in [3.05, 3.63) is 29.3 Å². The van der Waals surface area contributed by atoms with Crippen LogP contribution in [0.4, 0.5) is 0 Å². The molecule has 0 spiro atoms. The van der Waals surface area contributed by atoms with E-state index in [0.717, 1.165) is 10.5 Å². The lowest BCUT2D eigenvalue weighted by Crippen LogP contribution is -2.12. The molecule has 0 aliphatic carbocycles. The molecule has 1 aromatic carbocycles. The van der Waals surface area contributed by atoms with Crippen LogP contribution < -0.4 is 0 Å². The monoisotopic (exact) mass is 332 g/mol. The lowest BCUT2D eigenvalue weighted by Gasteiger charge is -2.11. The summed E-state index contributed by atoms with van der Waals surface area (Å²) in [7, 11) is 0. The van der Waals surface area contributed by atoms with Crippen LogP contribution in [0.5, 0.6) is 0 Å². The maximum atomic E-state index is 11.4. The van der Waals surface area contributed by atoms with Crippen LogP contribution in [0.25, 0.3) is 0 Å². The Bertz CT molecular complexity index is 461. The number of carbonyl (C=O) groups excluding carboxylic acids is 1. The van der Waals surface area contributed by atoms with Gasteiger partial charge in [0, 0.05) is 11.3 Å². The van der Waals surface area contributed by atoms with Gasteiger partial charge in [0.05, 0.1) is 5.33 Å². The zero-order valence-electron chi connectivity index (χ0n) is 9.72. The van der Waals surface area contributed by atoms with E-state index in [1.54, 1.807) is 18.2 Å². The highest BCUT2D eigenvalue weighted by Crippen LogP contribution is 2.25. The molecular formula is C12H13BrO4S. The average molecular weight is 333 g/mol. The van der Waals surface area contributed by atoms with Gasteiger partial charge in [-0.1, -0.05) is 28.1 Å². The van der Waals surface area contributed by atoms with E-state index in [0.29, 0.717) is 0 Å². The third-order valence-corrected chi connectivity index (χ3v) is 3.85. The molecule has 0 saturated carbocycles. The molecule has 18 heavy (non-hydrogen) atoms. The summed E-state index contributed by atoms with van der Waals surface area (Å²) in [5, 5.41) is 18.5. The zero-order valence-corrected chi connectivity index (χ0v) is 12.1. The van der Waals surface area contributed by atoms with Crippen molar-refractivity contribution in [3.8, 4) is 0 Å². The second-order valence-electron chi connectivity index (χ2n) is 3.66. The third kappa shape index (κ3) is 3.83.